The van der Waals surface area contributed by atoms with E-state index in [-0.39, 0.29) is 0 Å². The van der Waals surface area contributed by atoms with Crippen molar-refractivity contribution in [3.8, 4) is 5.88 Å². The molecule has 0 fully saturated rings. The molecule has 0 unspecified atom stereocenters. The molecule has 0 atom stereocenters. The van der Waals surface area contributed by atoms with Gasteiger partial charge in [-0.2, -0.15) is 0 Å². The van der Waals surface area contributed by atoms with Crippen molar-refractivity contribution in [3.63, 3.8) is 0 Å². The quantitative estimate of drug-likeness (QED) is 0.749. The summed E-state index contributed by atoms with van der Waals surface area (Å²) in [6.45, 7) is 5.38. The van der Waals surface area contributed by atoms with Gasteiger partial charge in [0.25, 0.3) is 0 Å². The zero-order chi connectivity index (χ0) is 11.1. The number of nitrogens with zero attached hydrogens (tertiary/aromatic N) is 1. The van der Waals surface area contributed by atoms with Crippen molar-refractivity contribution in [2.24, 2.45) is 0 Å². The normalized spacial score (nSPS) is 10.9. The van der Waals surface area contributed by atoms with Gasteiger partial charge in [0.2, 0.25) is 5.88 Å². The van der Waals surface area contributed by atoms with Crippen LogP contribution < -0.4 is 10.1 Å². The van der Waals surface area contributed by atoms with E-state index in [2.05, 4.69) is 10.3 Å². The van der Waals surface area contributed by atoms with Gasteiger partial charge < -0.3 is 10.1 Å². The fraction of sp³-hybridized carbons (Fsp3) is 0.417. The van der Waals surface area contributed by atoms with E-state index >= 15 is 0 Å². The van der Waals surface area contributed by atoms with Crippen LogP contribution in [0.5, 0.6) is 5.88 Å². The Kier molecular flexibility index (Phi) is 4.84. The van der Waals surface area contributed by atoms with Crippen molar-refractivity contribution in [1.29, 1.82) is 0 Å². The monoisotopic (exact) mass is 206 g/mol. The molecule has 0 aromatic carbocycles. The Balaban J connectivity index is 2.64. The van der Waals surface area contributed by atoms with Crippen molar-refractivity contribution >= 4 is 0 Å². The molecule has 82 valence electrons. The van der Waals surface area contributed by atoms with Gasteiger partial charge in [0.15, 0.2) is 0 Å². The lowest BCUT2D eigenvalue weighted by molar-refractivity contribution is 0.347. The van der Waals surface area contributed by atoms with Crippen LogP contribution >= 0.6 is 0 Å². The average molecular weight is 206 g/mol. The second-order valence-electron chi connectivity index (χ2n) is 3.30. The Hall–Kier alpha value is -1.35. The van der Waals surface area contributed by atoms with Crippen LogP contribution in [0.3, 0.4) is 0 Å². The van der Waals surface area contributed by atoms with Gasteiger partial charge in [0.1, 0.15) is 6.61 Å². The minimum atomic E-state index is 0.578. The van der Waals surface area contributed by atoms with E-state index in [0.29, 0.717) is 12.5 Å². The minimum Gasteiger partial charge on any atom is -0.473 e. The molecule has 1 aromatic rings. The Morgan fingerprint density at radius 2 is 2.27 bits per heavy atom. The van der Waals surface area contributed by atoms with Crippen LogP contribution in [0.15, 0.2) is 24.3 Å². The molecule has 1 heterocycles. The molecule has 0 radical (unpaired) electrons. The second kappa shape index (κ2) is 6.19. The van der Waals surface area contributed by atoms with Crippen LogP contribution in [0.25, 0.3) is 0 Å². The van der Waals surface area contributed by atoms with Crippen LogP contribution in [-0.4, -0.2) is 18.6 Å². The summed E-state index contributed by atoms with van der Waals surface area (Å²) in [4.78, 5) is 4.37. The van der Waals surface area contributed by atoms with E-state index in [1.54, 1.807) is 0 Å². The topological polar surface area (TPSA) is 34.1 Å². The Bertz CT molecular complexity index is 334. The highest BCUT2D eigenvalue weighted by atomic mass is 16.5. The number of hydrogen-bond donors (Lipinski definition) is 1. The summed E-state index contributed by atoms with van der Waals surface area (Å²) in [6.07, 6.45) is 3.92. The lowest BCUT2D eigenvalue weighted by Crippen LogP contribution is -2.08. The molecular formula is C12H18N2O. The van der Waals surface area contributed by atoms with Gasteiger partial charge in [0, 0.05) is 18.3 Å². The number of allylic oxidation sites excluding steroid dienone is 1. The summed E-state index contributed by atoms with van der Waals surface area (Å²) in [5.74, 6) is 0.686. The first-order chi connectivity index (χ1) is 7.27. The third-order valence-electron chi connectivity index (χ3n) is 2.10. The number of ether oxygens (including phenoxy) is 1. The fourth-order valence-corrected chi connectivity index (χ4v) is 1.25. The summed E-state index contributed by atoms with van der Waals surface area (Å²) in [5.41, 5.74) is 2.22. The maximum atomic E-state index is 5.44. The maximum absolute atomic E-state index is 5.44. The van der Waals surface area contributed by atoms with Gasteiger partial charge in [0.05, 0.1) is 0 Å². The number of aryl methyl sites for hydroxylation is 1. The number of pyridine rings is 1. The van der Waals surface area contributed by atoms with Crippen molar-refractivity contribution in [2.45, 2.75) is 20.4 Å². The second-order valence-corrected chi connectivity index (χ2v) is 3.30. The van der Waals surface area contributed by atoms with Crippen LogP contribution in [0.2, 0.25) is 0 Å². The largest absolute Gasteiger partial charge is 0.473 e. The van der Waals surface area contributed by atoms with Gasteiger partial charge in [-0.25, -0.2) is 4.98 Å². The number of rotatable bonds is 5. The van der Waals surface area contributed by atoms with Gasteiger partial charge >= 0.3 is 0 Å². The first-order valence-electron chi connectivity index (χ1n) is 5.13. The molecule has 0 aliphatic carbocycles. The predicted molar refractivity (Wildman–Crippen MR) is 62.0 cm³/mol. The van der Waals surface area contributed by atoms with E-state index < -0.39 is 0 Å². The molecule has 1 rings (SSSR count). The predicted octanol–water partition coefficient (Wildman–Crippen LogP) is 2.06. The van der Waals surface area contributed by atoms with Crippen molar-refractivity contribution in [1.82, 2.24) is 10.3 Å². The summed E-state index contributed by atoms with van der Waals surface area (Å²) in [6, 6.07) is 3.95. The van der Waals surface area contributed by atoms with Gasteiger partial charge in [-0.3, -0.25) is 0 Å². The smallest absolute Gasteiger partial charge is 0.213 e. The standard InChI is InChI=1S/C12H18N2O/c1-4-5-8-15-12-7-6-11(9-13-3)10(2)14-12/h4-7,13H,8-9H2,1-3H3/b5-4+. The number of aromatic nitrogens is 1. The van der Waals surface area contributed by atoms with Crippen molar-refractivity contribution in [3.05, 3.63) is 35.5 Å². The molecule has 15 heavy (non-hydrogen) atoms. The third kappa shape index (κ3) is 3.72. The first kappa shape index (κ1) is 11.7. The van der Waals surface area contributed by atoms with Crippen molar-refractivity contribution in [2.75, 3.05) is 13.7 Å². The molecule has 3 heteroatoms. The summed E-state index contributed by atoms with van der Waals surface area (Å²) in [5, 5.41) is 3.10. The molecule has 0 spiro atoms. The van der Waals surface area contributed by atoms with Gasteiger partial charge in [-0.1, -0.05) is 18.2 Å². The molecule has 0 aliphatic rings. The fourth-order valence-electron chi connectivity index (χ4n) is 1.25. The first-order valence-corrected chi connectivity index (χ1v) is 5.13. The molecule has 3 nitrogen and oxygen atoms in total. The zero-order valence-corrected chi connectivity index (χ0v) is 9.58. The van der Waals surface area contributed by atoms with E-state index in [0.717, 1.165) is 12.2 Å². The van der Waals surface area contributed by atoms with E-state index in [4.69, 9.17) is 4.74 Å². The Labute approximate surface area is 91.2 Å². The lowest BCUT2D eigenvalue weighted by atomic mass is 10.2. The summed E-state index contributed by atoms with van der Waals surface area (Å²) in [7, 11) is 1.93. The van der Waals surface area contributed by atoms with Crippen LogP contribution in [0.1, 0.15) is 18.2 Å². The minimum absolute atomic E-state index is 0.578. The Morgan fingerprint density at radius 1 is 1.47 bits per heavy atom. The van der Waals surface area contributed by atoms with Gasteiger partial charge in [-0.15, -0.1) is 0 Å². The molecule has 1 N–H and O–H groups in total. The van der Waals surface area contributed by atoms with E-state index in [1.165, 1.54) is 5.56 Å². The summed E-state index contributed by atoms with van der Waals surface area (Å²) < 4.78 is 5.44. The highest BCUT2D eigenvalue weighted by Crippen LogP contribution is 2.12. The SMILES string of the molecule is C/C=C/COc1ccc(CNC)c(C)n1. The molecular weight excluding hydrogens is 188 g/mol. The third-order valence-corrected chi connectivity index (χ3v) is 2.10. The number of hydrogen-bond acceptors (Lipinski definition) is 3. The molecule has 1 aromatic heterocycles. The molecule has 0 bridgehead atoms. The highest BCUT2D eigenvalue weighted by Gasteiger charge is 2.00. The van der Waals surface area contributed by atoms with Crippen LogP contribution in [-0.2, 0) is 6.54 Å². The molecule has 0 saturated heterocycles. The average Bonchev–Trinajstić information content (AvgIpc) is 2.23. The molecule has 0 aliphatic heterocycles. The van der Waals surface area contributed by atoms with E-state index in [1.807, 2.05) is 45.2 Å². The lowest BCUT2D eigenvalue weighted by Gasteiger charge is -2.07. The molecule has 0 saturated carbocycles. The molecule has 0 amide bonds. The summed E-state index contributed by atoms with van der Waals surface area (Å²) >= 11 is 0. The Morgan fingerprint density at radius 3 is 2.87 bits per heavy atom. The number of nitrogens with one attached hydrogen (secondary N) is 1. The highest BCUT2D eigenvalue weighted by molar-refractivity contribution is 5.24. The maximum Gasteiger partial charge on any atom is 0.213 e. The van der Waals surface area contributed by atoms with Crippen LogP contribution in [0.4, 0.5) is 0 Å². The van der Waals surface area contributed by atoms with Crippen LogP contribution in [0, 0.1) is 6.92 Å². The van der Waals surface area contributed by atoms with Crippen molar-refractivity contribution < 1.29 is 4.74 Å². The zero-order valence-electron chi connectivity index (χ0n) is 9.58. The van der Waals surface area contributed by atoms with E-state index in [9.17, 15) is 0 Å². The van der Waals surface area contributed by atoms with Gasteiger partial charge in [-0.05, 0) is 26.5 Å².